The van der Waals surface area contributed by atoms with Gasteiger partial charge in [0.25, 0.3) is 0 Å². The van der Waals surface area contributed by atoms with Crippen molar-refractivity contribution in [3.63, 3.8) is 0 Å². The van der Waals surface area contributed by atoms with Crippen LogP contribution < -0.4 is 0 Å². The van der Waals surface area contributed by atoms with Gasteiger partial charge in [-0.05, 0) is 49.3 Å². The van der Waals surface area contributed by atoms with Gasteiger partial charge in [-0.25, -0.2) is 4.39 Å². The third-order valence-corrected chi connectivity index (χ3v) is 6.25. The average Bonchev–Trinajstić information content (AvgIpc) is 2.81. The molecule has 2 bridgehead atoms. The van der Waals surface area contributed by atoms with Crippen LogP contribution in [-0.2, 0) is 11.3 Å². The number of carbonyl (C=O) groups is 1. The first-order valence-electron chi connectivity index (χ1n) is 9.07. The number of hydrogen-bond donors (Lipinski definition) is 0. The molecule has 4 aliphatic rings. The highest BCUT2D eigenvalue weighted by Gasteiger charge is 2.39. The number of amides is 1. The second-order valence-corrected chi connectivity index (χ2v) is 8.05. The van der Waals surface area contributed by atoms with Crippen molar-refractivity contribution in [2.75, 3.05) is 19.6 Å². The number of piperidine rings is 1. The lowest BCUT2D eigenvalue weighted by molar-refractivity contribution is -0.138. The number of halogens is 2. The number of benzene rings is 1. The molecule has 3 heterocycles. The monoisotopic (exact) mass is 350 g/mol. The van der Waals surface area contributed by atoms with Crippen molar-refractivity contribution in [3.8, 4) is 0 Å². The third-order valence-electron chi connectivity index (χ3n) is 5.96. The summed E-state index contributed by atoms with van der Waals surface area (Å²) in [4.78, 5) is 17.2. The van der Waals surface area contributed by atoms with E-state index < -0.39 is 0 Å². The van der Waals surface area contributed by atoms with Gasteiger partial charge < -0.3 is 4.90 Å². The molecule has 1 saturated carbocycles. The number of carbonyl (C=O) groups excluding carboxylic acids is 1. The van der Waals surface area contributed by atoms with Gasteiger partial charge in [-0.3, -0.25) is 9.69 Å². The standard InChI is InChI=1S/C19H24ClFN2O/c20-17-8-13(5-7-18(17)21)9-22-10-14-4-6-16(22)12-23(11-14)19(24)15-2-1-3-15/h5,7-8,14-16H,1-4,6,9-12H2/t14-,16-/m1/s1. The summed E-state index contributed by atoms with van der Waals surface area (Å²) in [7, 11) is 0. The molecule has 3 saturated heterocycles. The minimum atomic E-state index is -0.366. The highest BCUT2D eigenvalue weighted by molar-refractivity contribution is 6.30. The lowest BCUT2D eigenvalue weighted by Crippen LogP contribution is -2.45. The van der Waals surface area contributed by atoms with Gasteiger partial charge >= 0.3 is 0 Å². The van der Waals surface area contributed by atoms with Crippen molar-refractivity contribution in [2.24, 2.45) is 11.8 Å². The Labute approximate surface area is 147 Å². The molecule has 0 radical (unpaired) electrons. The predicted octanol–water partition coefficient (Wildman–Crippen LogP) is 3.70. The van der Waals surface area contributed by atoms with Gasteiger partial charge in [-0.15, -0.1) is 0 Å². The molecule has 0 aromatic heterocycles. The molecule has 2 atom stereocenters. The Hall–Kier alpha value is -1.13. The van der Waals surface area contributed by atoms with Crippen LogP contribution in [0.2, 0.25) is 5.02 Å². The summed E-state index contributed by atoms with van der Waals surface area (Å²) >= 11 is 5.92. The Kier molecular flexibility index (Phi) is 4.52. The van der Waals surface area contributed by atoms with Crippen molar-refractivity contribution < 1.29 is 9.18 Å². The van der Waals surface area contributed by atoms with Crippen LogP contribution >= 0.6 is 11.6 Å². The van der Waals surface area contributed by atoms with Gasteiger partial charge in [0.1, 0.15) is 5.82 Å². The second kappa shape index (κ2) is 6.64. The molecule has 5 rings (SSSR count). The molecule has 1 aliphatic carbocycles. The minimum absolute atomic E-state index is 0.189. The van der Waals surface area contributed by atoms with Crippen molar-refractivity contribution in [3.05, 3.63) is 34.6 Å². The largest absolute Gasteiger partial charge is 0.341 e. The van der Waals surface area contributed by atoms with Crippen LogP contribution in [0.3, 0.4) is 0 Å². The summed E-state index contributed by atoms with van der Waals surface area (Å²) < 4.78 is 13.4. The van der Waals surface area contributed by atoms with E-state index in [0.29, 0.717) is 17.9 Å². The van der Waals surface area contributed by atoms with Crippen LogP contribution in [0.25, 0.3) is 0 Å². The molecule has 0 unspecified atom stereocenters. The van der Waals surface area contributed by atoms with Crippen LogP contribution in [0.4, 0.5) is 4.39 Å². The van der Waals surface area contributed by atoms with E-state index in [4.69, 9.17) is 11.6 Å². The minimum Gasteiger partial charge on any atom is -0.341 e. The fourth-order valence-corrected chi connectivity index (χ4v) is 4.54. The van der Waals surface area contributed by atoms with E-state index in [2.05, 4.69) is 9.80 Å². The third kappa shape index (κ3) is 3.18. The average molecular weight is 351 g/mol. The fraction of sp³-hybridized carbons (Fsp3) is 0.632. The van der Waals surface area contributed by atoms with Crippen LogP contribution in [0.5, 0.6) is 0 Å². The molecule has 5 heteroatoms. The normalized spacial score (nSPS) is 27.8. The summed E-state index contributed by atoms with van der Waals surface area (Å²) in [5.41, 5.74) is 1.05. The molecular weight excluding hydrogens is 327 g/mol. The maximum absolute atomic E-state index is 13.4. The summed E-state index contributed by atoms with van der Waals surface area (Å²) in [5.74, 6) is 0.857. The molecule has 1 amide bonds. The van der Waals surface area contributed by atoms with E-state index in [1.165, 1.54) is 18.9 Å². The van der Waals surface area contributed by atoms with E-state index >= 15 is 0 Å². The Balaban J connectivity index is 1.46. The maximum atomic E-state index is 13.4. The maximum Gasteiger partial charge on any atom is 0.225 e. The number of hydrogen-bond acceptors (Lipinski definition) is 2. The molecule has 1 aromatic carbocycles. The topological polar surface area (TPSA) is 23.6 Å². The SMILES string of the molecule is O=C(C1CCC1)N1C[C@@H]2CC[C@H](C1)N(Cc1ccc(F)c(Cl)c1)C2. The molecule has 0 N–H and O–H groups in total. The zero-order chi connectivity index (χ0) is 16.7. The number of rotatable bonds is 3. The highest BCUT2D eigenvalue weighted by Crippen LogP contribution is 2.33. The summed E-state index contributed by atoms with van der Waals surface area (Å²) in [6.45, 7) is 3.56. The van der Waals surface area contributed by atoms with Gasteiger partial charge in [0.05, 0.1) is 5.02 Å². The summed E-state index contributed by atoms with van der Waals surface area (Å²) in [6, 6.07) is 5.40. The second-order valence-electron chi connectivity index (χ2n) is 7.65. The van der Waals surface area contributed by atoms with Crippen molar-refractivity contribution in [1.82, 2.24) is 9.80 Å². The smallest absolute Gasteiger partial charge is 0.225 e. The Morgan fingerprint density at radius 2 is 2.00 bits per heavy atom. The molecule has 1 aromatic rings. The van der Waals surface area contributed by atoms with Crippen molar-refractivity contribution in [2.45, 2.75) is 44.7 Å². The van der Waals surface area contributed by atoms with Gasteiger partial charge in [-0.2, -0.15) is 0 Å². The Morgan fingerprint density at radius 1 is 1.17 bits per heavy atom. The summed E-state index contributed by atoms with van der Waals surface area (Å²) in [6.07, 6.45) is 5.70. The van der Waals surface area contributed by atoms with Gasteiger partial charge in [0.2, 0.25) is 5.91 Å². The van der Waals surface area contributed by atoms with Crippen molar-refractivity contribution >= 4 is 17.5 Å². The van der Waals surface area contributed by atoms with E-state index in [-0.39, 0.29) is 16.8 Å². The molecule has 24 heavy (non-hydrogen) atoms. The zero-order valence-electron chi connectivity index (χ0n) is 13.9. The van der Waals surface area contributed by atoms with Crippen LogP contribution in [0.1, 0.15) is 37.7 Å². The Morgan fingerprint density at radius 3 is 2.71 bits per heavy atom. The quantitative estimate of drug-likeness (QED) is 0.829. The van der Waals surface area contributed by atoms with Gasteiger partial charge in [-0.1, -0.05) is 24.1 Å². The molecule has 0 spiro atoms. The van der Waals surface area contributed by atoms with E-state index in [1.807, 2.05) is 6.07 Å². The van der Waals surface area contributed by atoms with Gasteiger partial charge in [0.15, 0.2) is 0 Å². The fourth-order valence-electron chi connectivity index (χ4n) is 4.34. The zero-order valence-corrected chi connectivity index (χ0v) is 14.6. The van der Waals surface area contributed by atoms with Crippen molar-refractivity contribution in [1.29, 1.82) is 0 Å². The lowest BCUT2D eigenvalue weighted by Gasteiger charge is -2.36. The molecule has 4 fully saturated rings. The van der Waals surface area contributed by atoms with Crippen LogP contribution in [-0.4, -0.2) is 41.4 Å². The molecule has 3 aliphatic heterocycles. The molecule has 3 nitrogen and oxygen atoms in total. The predicted molar refractivity (Wildman–Crippen MR) is 92.3 cm³/mol. The van der Waals surface area contributed by atoms with Crippen LogP contribution in [0.15, 0.2) is 18.2 Å². The molecular formula is C19H24ClFN2O. The first-order chi connectivity index (χ1) is 11.6. The van der Waals surface area contributed by atoms with E-state index in [0.717, 1.165) is 51.0 Å². The first-order valence-corrected chi connectivity index (χ1v) is 9.44. The highest BCUT2D eigenvalue weighted by atomic mass is 35.5. The number of nitrogens with zero attached hydrogens (tertiary/aromatic N) is 2. The lowest BCUT2D eigenvalue weighted by atomic mass is 9.84. The summed E-state index contributed by atoms with van der Waals surface area (Å²) in [5, 5.41) is 0.189. The van der Waals surface area contributed by atoms with Crippen LogP contribution in [0, 0.1) is 17.7 Å². The number of fused-ring (bicyclic) bond motifs is 4. The first kappa shape index (κ1) is 16.3. The van der Waals surface area contributed by atoms with Gasteiger partial charge in [0, 0.05) is 38.1 Å². The Bertz CT molecular complexity index is 634. The van der Waals surface area contributed by atoms with E-state index in [1.54, 1.807) is 6.07 Å². The molecule has 130 valence electrons. The van der Waals surface area contributed by atoms with E-state index in [9.17, 15) is 9.18 Å².